The maximum atomic E-state index is 5.29. The van der Waals surface area contributed by atoms with Crippen LogP contribution in [0.25, 0.3) is 0 Å². The van der Waals surface area contributed by atoms with Crippen molar-refractivity contribution in [3.05, 3.63) is 24.2 Å². The van der Waals surface area contributed by atoms with E-state index in [0.29, 0.717) is 6.04 Å². The lowest BCUT2D eigenvalue weighted by molar-refractivity contribution is 0.310. The van der Waals surface area contributed by atoms with Gasteiger partial charge < -0.3 is 15.1 Å². The summed E-state index contributed by atoms with van der Waals surface area (Å²) in [5.41, 5.74) is 0. The molecule has 0 bridgehead atoms. The van der Waals surface area contributed by atoms with Crippen molar-refractivity contribution in [3.8, 4) is 0 Å². The van der Waals surface area contributed by atoms with Crippen molar-refractivity contribution in [3.63, 3.8) is 0 Å². The van der Waals surface area contributed by atoms with Crippen molar-refractivity contribution in [2.75, 3.05) is 7.05 Å². The third-order valence-corrected chi connectivity index (χ3v) is 3.28. The highest BCUT2D eigenvalue weighted by atomic mass is 16.3. The third kappa shape index (κ3) is 3.08. The van der Waals surface area contributed by atoms with Crippen LogP contribution in [0.3, 0.4) is 0 Å². The van der Waals surface area contributed by atoms with E-state index in [1.165, 1.54) is 25.7 Å². The predicted molar refractivity (Wildman–Crippen MR) is 60.7 cm³/mol. The van der Waals surface area contributed by atoms with E-state index in [2.05, 4.69) is 17.7 Å². The first-order chi connectivity index (χ1) is 7.38. The first-order valence-corrected chi connectivity index (χ1v) is 5.81. The minimum absolute atomic E-state index is 0.666. The van der Waals surface area contributed by atoms with E-state index in [1.54, 1.807) is 6.26 Å². The smallest absolute Gasteiger partial charge is 0.117 e. The number of furan rings is 1. The fraction of sp³-hybridized carbons (Fsp3) is 0.667. The average molecular weight is 208 g/mol. The van der Waals surface area contributed by atoms with Crippen LogP contribution in [-0.4, -0.2) is 19.1 Å². The molecule has 3 heteroatoms. The van der Waals surface area contributed by atoms with Crippen LogP contribution >= 0.6 is 0 Å². The second kappa shape index (κ2) is 5.33. The molecule has 1 aliphatic carbocycles. The van der Waals surface area contributed by atoms with Gasteiger partial charge in [-0.15, -0.1) is 0 Å². The number of rotatable bonds is 4. The molecule has 1 aromatic rings. The van der Waals surface area contributed by atoms with Crippen LogP contribution in [0.1, 0.15) is 31.4 Å². The molecule has 84 valence electrons. The van der Waals surface area contributed by atoms with Crippen molar-refractivity contribution >= 4 is 0 Å². The van der Waals surface area contributed by atoms with Gasteiger partial charge in [0.25, 0.3) is 0 Å². The van der Waals surface area contributed by atoms with Gasteiger partial charge in [-0.3, -0.25) is 0 Å². The zero-order valence-electron chi connectivity index (χ0n) is 9.33. The van der Waals surface area contributed by atoms with Crippen LogP contribution in [0.15, 0.2) is 22.8 Å². The Hall–Kier alpha value is -0.800. The van der Waals surface area contributed by atoms with Gasteiger partial charge in [-0.1, -0.05) is 0 Å². The third-order valence-electron chi connectivity index (χ3n) is 3.28. The first kappa shape index (κ1) is 10.7. The maximum Gasteiger partial charge on any atom is 0.117 e. The summed E-state index contributed by atoms with van der Waals surface area (Å²) in [6.07, 6.45) is 6.84. The lowest BCUT2D eigenvalue weighted by Crippen LogP contribution is -2.38. The second-order valence-corrected chi connectivity index (χ2v) is 4.30. The molecule has 2 N–H and O–H groups in total. The summed E-state index contributed by atoms with van der Waals surface area (Å²) in [5, 5.41) is 6.89. The van der Waals surface area contributed by atoms with E-state index in [-0.39, 0.29) is 0 Å². The molecule has 1 saturated carbocycles. The van der Waals surface area contributed by atoms with E-state index in [4.69, 9.17) is 4.42 Å². The molecule has 3 nitrogen and oxygen atoms in total. The van der Waals surface area contributed by atoms with E-state index in [0.717, 1.165) is 18.3 Å². The van der Waals surface area contributed by atoms with Crippen LogP contribution in [-0.2, 0) is 6.54 Å². The van der Waals surface area contributed by atoms with Gasteiger partial charge in [-0.25, -0.2) is 0 Å². The van der Waals surface area contributed by atoms with Gasteiger partial charge in [0.1, 0.15) is 5.76 Å². The zero-order valence-corrected chi connectivity index (χ0v) is 9.33. The van der Waals surface area contributed by atoms with E-state index >= 15 is 0 Å². The largest absolute Gasteiger partial charge is 0.468 e. The number of nitrogens with one attached hydrogen (secondary N) is 2. The quantitative estimate of drug-likeness (QED) is 0.793. The van der Waals surface area contributed by atoms with Gasteiger partial charge in [-0.05, 0) is 44.9 Å². The molecule has 1 aliphatic rings. The first-order valence-electron chi connectivity index (χ1n) is 5.81. The molecule has 0 atom stereocenters. The van der Waals surface area contributed by atoms with Crippen molar-refractivity contribution < 1.29 is 4.42 Å². The molecule has 1 heterocycles. The van der Waals surface area contributed by atoms with Gasteiger partial charge in [0, 0.05) is 12.1 Å². The fourth-order valence-electron chi connectivity index (χ4n) is 2.24. The highest BCUT2D eigenvalue weighted by Crippen LogP contribution is 2.18. The number of hydrogen-bond donors (Lipinski definition) is 2. The van der Waals surface area contributed by atoms with Crippen molar-refractivity contribution in [2.24, 2.45) is 0 Å². The Bertz CT molecular complexity index is 263. The Labute approximate surface area is 91.2 Å². The second-order valence-electron chi connectivity index (χ2n) is 4.30. The molecule has 0 saturated heterocycles. The predicted octanol–water partition coefficient (Wildman–Crippen LogP) is 1.90. The maximum absolute atomic E-state index is 5.29. The van der Waals surface area contributed by atoms with Gasteiger partial charge in [0.05, 0.1) is 12.8 Å². The van der Waals surface area contributed by atoms with Crippen LogP contribution in [0.5, 0.6) is 0 Å². The minimum Gasteiger partial charge on any atom is -0.468 e. The molecule has 0 aromatic carbocycles. The Kier molecular flexibility index (Phi) is 3.80. The van der Waals surface area contributed by atoms with Crippen LogP contribution in [0, 0.1) is 0 Å². The summed E-state index contributed by atoms with van der Waals surface area (Å²) < 4.78 is 5.29. The standard InChI is InChI=1S/C12H20N2O/c1-13-10-4-6-11(7-5-10)14-9-12-3-2-8-15-12/h2-3,8,10-11,13-14H,4-7,9H2,1H3. The minimum atomic E-state index is 0.666. The van der Waals surface area contributed by atoms with Crippen molar-refractivity contribution in [2.45, 2.75) is 44.3 Å². The summed E-state index contributed by atoms with van der Waals surface area (Å²) >= 11 is 0. The SMILES string of the molecule is CNC1CCC(NCc2ccco2)CC1. The summed E-state index contributed by atoms with van der Waals surface area (Å²) in [6, 6.07) is 5.35. The molecule has 2 rings (SSSR count). The molecule has 0 aliphatic heterocycles. The van der Waals surface area contributed by atoms with Crippen molar-refractivity contribution in [1.29, 1.82) is 0 Å². The van der Waals surface area contributed by atoms with E-state index < -0.39 is 0 Å². The Balaban J connectivity index is 1.69. The lowest BCUT2D eigenvalue weighted by Gasteiger charge is -2.28. The van der Waals surface area contributed by atoms with Gasteiger partial charge in [0.2, 0.25) is 0 Å². The van der Waals surface area contributed by atoms with Gasteiger partial charge >= 0.3 is 0 Å². The Morgan fingerprint density at radius 1 is 1.27 bits per heavy atom. The fourth-order valence-corrected chi connectivity index (χ4v) is 2.24. The van der Waals surface area contributed by atoms with Crippen LogP contribution < -0.4 is 10.6 Å². The van der Waals surface area contributed by atoms with Gasteiger partial charge in [-0.2, -0.15) is 0 Å². The molecule has 0 amide bonds. The topological polar surface area (TPSA) is 37.2 Å². The van der Waals surface area contributed by atoms with E-state index in [9.17, 15) is 0 Å². The summed E-state index contributed by atoms with van der Waals surface area (Å²) in [7, 11) is 2.06. The zero-order chi connectivity index (χ0) is 10.5. The molecule has 0 spiro atoms. The molecular weight excluding hydrogens is 188 g/mol. The van der Waals surface area contributed by atoms with Crippen LogP contribution in [0.4, 0.5) is 0 Å². The highest BCUT2D eigenvalue weighted by molar-refractivity contribution is 4.98. The Morgan fingerprint density at radius 3 is 2.60 bits per heavy atom. The molecule has 1 aromatic heterocycles. The molecule has 1 fully saturated rings. The monoisotopic (exact) mass is 208 g/mol. The normalized spacial score (nSPS) is 26.7. The van der Waals surface area contributed by atoms with Crippen LogP contribution in [0.2, 0.25) is 0 Å². The highest BCUT2D eigenvalue weighted by Gasteiger charge is 2.19. The average Bonchev–Trinajstić information content (AvgIpc) is 2.80. The Morgan fingerprint density at radius 2 is 2.00 bits per heavy atom. The summed E-state index contributed by atoms with van der Waals surface area (Å²) in [6.45, 7) is 0.863. The van der Waals surface area contributed by atoms with E-state index in [1.807, 2.05) is 12.1 Å². The molecular formula is C12H20N2O. The number of hydrogen-bond acceptors (Lipinski definition) is 3. The lowest BCUT2D eigenvalue weighted by atomic mass is 9.91. The van der Waals surface area contributed by atoms with Crippen molar-refractivity contribution in [1.82, 2.24) is 10.6 Å². The van der Waals surface area contributed by atoms with Gasteiger partial charge in [0.15, 0.2) is 0 Å². The summed E-state index contributed by atoms with van der Waals surface area (Å²) in [5.74, 6) is 1.03. The molecule has 0 unspecified atom stereocenters. The molecule has 0 radical (unpaired) electrons. The summed E-state index contributed by atoms with van der Waals surface area (Å²) in [4.78, 5) is 0. The molecule has 15 heavy (non-hydrogen) atoms.